The van der Waals surface area contributed by atoms with Gasteiger partial charge in [-0.15, -0.1) is 5.10 Å². The van der Waals surface area contributed by atoms with Crippen LogP contribution in [0.25, 0.3) is 10.5 Å². The Morgan fingerprint density at radius 3 is 3.00 bits per heavy atom. The summed E-state index contributed by atoms with van der Waals surface area (Å²) in [6, 6.07) is 0. The van der Waals surface area contributed by atoms with Crippen molar-refractivity contribution in [3.05, 3.63) is 29.9 Å². The number of nitrogens with two attached hydrogens (primary N) is 1. The number of hydrogen-bond donors (Lipinski definition) is 1. The molecule has 1 aliphatic heterocycles. The van der Waals surface area contributed by atoms with Crippen LogP contribution in [0.4, 0.5) is 5.13 Å². The average molecular weight is 305 g/mol. The summed E-state index contributed by atoms with van der Waals surface area (Å²) in [6.45, 7) is 6.18. The number of imidazole rings is 1. The number of nitrogen functional groups attached to an aromatic ring is 1. The lowest BCUT2D eigenvalue weighted by Crippen LogP contribution is -2.27. The van der Waals surface area contributed by atoms with Gasteiger partial charge in [0.2, 0.25) is 10.1 Å². The molecule has 1 aliphatic rings. The molecule has 0 atom stereocenters. The maximum absolute atomic E-state index is 5.76. The average Bonchev–Trinajstić information content (AvgIpc) is 2.96. The first-order valence-electron chi connectivity index (χ1n) is 6.87. The number of anilines is 1. The number of rotatable bonds is 4. The lowest BCUT2D eigenvalue weighted by Gasteiger charge is -2.27. The molecule has 112 valence electrons. The number of aromatic nitrogens is 3. The molecule has 0 radical (unpaired) electrons. The summed E-state index contributed by atoms with van der Waals surface area (Å²) in [5.41, 5.74) is 7.73. The molecule has 2 aromatic heterocycles. The Morgan fingerprint density at radius 2 is 2.29 bits per heavy atom. The number of ether oxygens (including phenoxy) is 1. The van der Waals surface area contributed by atoms with Gasteiger partial charge in [-0.1, -0.05) is 25.2 Å². The molecule has 3 heterocycles. The van der Waals surface area contributed by atoms with Crippen LogP contribution in [0.1, 0.15) is 19.5 Å². The van der Waals surface area contributed by atoms with E-state index in [4.69, 9.17) is 10.5 Å². The van der Waals surface area contributed by atoms with Gasteiger partial charge in [0.15, 0.2) is 0 Å². The first kappa shape index (κ1) is 13.9. The summed E-state index contributed by atoms with van der Waals surface area (Å²) in [4.78, 5) is 7.42. The second-order valence-electron chi connectivity index (χ2n) is 5.50. The zero-order valence-electron chi connectivity index (χ0n) is 12.4. The van der Waals surface area contributed by atoms with Gasteiger partial charge in [-0.05, 0) is 12.0 Å². The zero-order valence-corrected chi connectivity index (χ0v) is 13.2. The SMILES string of the molecule is COC1=CC(c2cnc3sc(N)nn23)=CN(CC(C)C)C1. The second kappa shape index (κ2) is 5.40. The molecule has 6 nitrogen and oxygen atoms in total. The molecule has 0 amide bonds. The lowest BCUT2D eigenvalue weighted by molar-refractivity contribution is 0.233. The van der Waals surface area contributed by atoms with Crippen molar-refractivity contribution < 1.29 is 4.74 Å². The third kappa shape index (κ3) is 2.73. The topological polar surface area (TPSA) is 68.7 Å². The van der Waals surface area contributed by atoms with Crippen LogP contribution in [-0.4, -0.2) is 39.7 Å². The highest BCUT2D eigenvalue weighted by Gasteiger charge is 2.18. The summed E-state index contributed by atoms with van der Waals surface area (Å²) in [5, 5.41) is 4.83. The quantitative estimate of drug-likeness (QED) is 0.938. The van der Waals surface area contributed by atoms with E-state index < -0.39 is 0 Å². The molecule has 0 unspecified atom stereocenters. The van der Waals surface area contributed by atoms with Crippen molar-refractivity contribution in [3.8, 4) is 0 Å². The molecule has 3 rings (SSSR count). The first-order chi connectivity index (χ1) is 10.1. The zero-order chi connectivity index (χ0) is 15.0. The molecule has 0 spiro atoms. The molecule has 2 aromatic rings. The van der Waals surface area contributed by atoms with E-state index in [1.54, 1.807) is 11.6 Å². The molecule has 21 heavy (non-hydrogen) atoms. The minimum atomic E-state index is 0.519. The maximum atomic E-state index is 5.76. The van der Waals surface area contributed by atoms with E-state index in [9.17, 15) is 0 Å². The van der Waals surface area contributed by atoms with Crippen molar-refractivity contribution in [1.29, 1.82) is 0 Å². The number of hydrogen-bond acceptors (Lipinski definition) is 6. The summed E-state index contributed by atoms with van der Waals surface area (Å²) < 4.78 is 7.24. The number of fused-ring (bicyclic) bond motifs is 1. The molecule has 0 aromatic carbocycles. The Kier molecular flexibility index (Phi) is 3.59. The summed E-state index contributed by atoms with van der Waals surface area (Å²) in [6.07, 6.45) is 6.00. The van der Waals surface area contributed by atoms with Gasteiger partial charge in [0.05, 0.1) is 25.5 Å². The van der Waals surface area contributed by atoms with Crippen molar-refractivity contribution in [2.75, 3.05) is 25.9 Å². The Morgan fingerprint density at radius 1 is 1.48 bits per heavy atom. The van der Waals surface area contributed by atoms with Gasteiger partial charge in [0, 0.05) is 18.3 Å². The molecule has 0 fully saturated rings. The van der Waals surface area contributed by atoms with Gasteiger partial charge in [-0.25, -0.2) is 9.50 Å². The van der Waals surface area contributed by atoms with Crippen LogP contribution < -0.4 is 5.73 Å². The minimum absolute atomic E-state index is 0.519. The highest BCUT2D eigenvalue weighted by molar-refractivity contribution is 7.20. The number of methoxy groups -OCH3 is 1. The predicted molar refractivity (Wildman–Crippen MR) is 84.8 cm³/mol. The van der Waals surface area contributed by atoms with Crippen LogP contribution in [0, 0.1) is 5.92 Å². The Labute approximate surface area is 127 Å². The second-order valence-corrected chi connectivity index (χ2v) is 6.49. The predicted octanol–water partition coefficient (Wildman–Crippen LogP) is 2.22. The number of nitrogens with zero attached hydrogens (tertiary/aromatic N) is 4. The summed E-state index contributed by atoms with van der Waals surface area (Å²) >= 11 is 1.38. The molecule has 0 saturated carbocycles. The van der Waals surface area contributed by atoms with Crippen molar-refractivity contribution in [1.82, 2.24) is 19.5 Å². The van der Waals surface area contributed by atoms with Crippen LogP contribution in [0.3, 0.4) is 0 Å². The van der Waals surface area contributed by atoms with E-state index >= 15 is 0 Å². The molecular formula is C14H19N5OS. The van der Waals surface area contributed by atoms with E-state index in [0.717, 1.165) is 35.1 Å². The fourth-order valence-corrected chi connectivity index (χ4v) is 3.09. The van der Waals surface area contributed by atoms with E-state index in [2.05, 4.69) is 35.0 Å². The van der Waals surface area contributed by atoms with E-state index in [0.29, 0.717) is 11.0 Å². The highest BCUT2D eigenvalue weighted by Crippen LogP contribution is 2.26. The maximum Gasteiger partial charge on any atom is 0.214 e. The van der Waals surface area contributed by atoms with Crippen molar-refractivity contribution in [3.63, 3.8) is 0 Å². The van der Waals surface area contributed by atoms with Crippen LogP contribution >= 0.6 is 11.3 Å². The van der Waals surface area contributed by atoms with E-state index in [1.807, 2.05) is 12.3 Å². The third-order valence-electron chi connectivity index (χ3n) is 3.26. The van der Waals surface area contributed by atoms with Gasteiger partial charge in [-0.2, -0.15) is 0 Å². The van der Waals surface area contributed by atoms with Gasteiger partial charge >= 0.3 is 0 Å². The fraction of sp³-hybridized carbons (Fsp3) is 0.429. The highest BCUT2D eigenvalue weighted by atomic mass is 32.1. The number of allylic oxidation sites excluding steroid dienone is 2. The van der Waals surface area contributed by atoms with Gasteiger partial charge < -0.3 is 15.4 Å². The third-order valence-corrected chi connectivity index (χ3v) is 4.01. The summed E-state index contributed by atoms with van der Waals surface area (Å²) in [7, 11) is 1.70. The lowest BCUT2D eigenvalue weighted by atomic mass is 10.1. The van der Waals surface area contributed by atoms with Crippen molar-refractivity contribution in [2.45, 2.75) is 13.8 Å². The smallest absolute Gasteiger partial charge is 0.214 e. The van der Waals surface area contributed by atoms with E-state index in [-0.39, 0.29) is 0 Å². The molecule has 7 heteroatoms. The first-order valence-corrected chi connectivity index (χ1v) is 7.69. The standard InChI is InChI=1S/C14H19N5OS/c1-9(2)6-18-7-10(4-11(8-18)20-3)12-5-16-14-19(12)17-13(15)21-14/h4-5,7,9H,6,8H2,1-3H3,(H2,15,17). The monoisotopic (exact) mass is 305 g/mol. The van der Waals surface area contributed by atoms with Gasteiger partial charge in [0.1, 0.15) is 5.76 Å². The van der Waals surface area contributed by atoms with Crippen molar-refractivity contribution in [2.24, 2.45) is 5.92 Å². The molecule has 2 N–H and O–H groups in total. The molecule has 0 aliphatic carbocycles. The van der Waals surface area contributed by atoms with Crippen LogP contribution in [-0.2, 0) is 4.74 Å². The van der Waals surface area contributed by atoms with Crippen LogP contribution in [0.5, 0.6) is 0 Å². The minimum Gasteiger partial charge on any atom is -0.499 e. The largest absolute Gasteiger partial charge is 0.499 e. The van der Waals surface area contributed by atoms with Gasteiger partial charge in [-0.3, -0.25) is 0 Å². The molecular weight excluding hydrogens is 286 g/mol. The normalized spacial score (nSPS) is 15.5. The molecule has 0 saturated heterocycles. The van der Waals surface area contributed by atoms with Crippen LogP contribution in [0.15, 0.2) is 24.2 Å². The van der Waals surface area contributed by atoms with Crippen molar-refractivity contribution >= 4 is 27.0 Å². The Bertz CT molecular complexity index is 712. The Hall–Kier alpha value is -2.02. The van der Waals surface area contributed by atoms with Crippen LogP contribution in [0.2, 0.25) is 0 Å². The Balaban J connectivity index is 2.01. The molecule has 0 bridgehead atoms. The fourth-order valence-electron chi connectivity index (χ4n) is 2.45. The van der Waals surface area contributed by atoms with Gasteiger partial charge in [0.25, 0.3) is 0 Å². The van der Waals surface area contributed by atoms with E-state index in [1.165, 1.54) is 11.3 Å². The summed E-state index contributed by atoms with van der Waals surface area (Å²) in [5.74, 6) is 1.52.